The summed E-state index contributed by atoms with van der Waals surface area (Å²) in [7, 11) is 0. The number of benzene rings is 10. The maximum atomic E-state index is 2.48. The first kappa shape index (κ1) is 46.1. The Hall–Kier alpha value is -7.74. The summed E-state index contributed by atoms with van der Waals surface area (Å²) in [6.45, 7) is 17.6. The van der Waals surface area contributed by atoms with Crippen molar-refractivity contribution in [1.29, 1.82) is 0 Å². The van der Waals surface area contributed by atoms with Gasteiger partial charge in [-0.15, -0.1) is 34.0 Å². The molecule has 3 nitrogen and oxygen atoms in total. The first-order valence-electron chi connectivity index (χ1n) is 25.5. The Balaban J connectivity index is 0.965. The van der Waals surface area contributed by atoms with Crippen molar-refractivity contribution < 1.29 is 0 Å². The van der Waals surface area contributed by atoms with Gasteiger partial charge in [0.25, 0.3) is 0 Å². The van der Waals surface area contributed by atoms with E-state index < -0.39 is 0 Å². The Bertz CT molecular complexity index is 4380. The highest BCUT2D eigenvalue weighted by atomic mass is 32.1. The molecule has 13 rings (SSSR count). The fourth-order valence-corrected chi connectivity index (χ4v) is 14.4. The monoisotopic (exact) mass is 1010 g/mol. The molecule has 0 aliphatic rings. The average molecular weight is 1010 g/mol. The minimum absolute atomic E-state index is 1.13. The summed E-state index contributed by atoms with van der Waals surface area (Å²) < 4.78 is 7.73. The molecule has 74 heavy (non-hydrogen) atoms. The Labute approximate surface area is 445 Å². The number of thiophene rings is 3. The van der Waals surface area contributed by atoms with Gasteiger partial charge >= 0.3 is 0 Å². The maximum absolute atomic E-state index is 2.48. The van der Waals surface area contributed by atoms with Crippen LogP contribution >= 0.6 is 34.0 Å². The van der Waals surface area contributed by atoms with Gasteiger partial charge in [0.15, 0.2) is 0 Å². The summed E-state index contributed by atoms with van der Waals surface area (Å²) in [4.78, 5) is 7.36. The molecule has 0 atom stereocenters. The van der Waals surface area contributed by atoms with Gasteiger partial charge in [-0.1, -0.05) is 82.4 Å². The molecule has 0 saturated carbocycles. The van der Waals surface area contributed by atoms with E-state index in [1.165, 1.54) is 122 Å². The van der Waals surface area contributed by atoms with Crippen molar-refractivity contribution in [3.63, 3.8) is 0 Å². The number of rotatable bonds is 9. The van der Waals surface area contributed by atoms with Gasteiger partial charge in [0.1, 0.15) is 0 Å². The van der Waals surface area contributed by atoms with E-state index in [0.717, 1.165) is 34.1 Å². The van der Waals surface area contributed by atoms with Crippen LogP contribution in [0.2, 0.25) is 0 Å². The second kappa shape index (κ2) is 18.0. The molecule has 0 radical (unpaired) electrons. The van der Waals surface area contributed by atoms with Crippen LogP contribution in [0, 0.1) is 55.4 Å². The van der Waals surface area contributed by atoms with Crippen LogP contribution < -0.4 is 14.7 Å². The molecule has 0 unspecified atom stereocenters. The summed E-state index contributed by atoms with van der Waals surface area (Å²) in [6, 6.07) is 71.5. The molecular formula is C68H55N3S3. The quantitative estimate of drug-likeness (QED) is 0.143. The molecule has 3 aromatic heterocycles. The molecule has 0 aliphatic heterocycles. The predicted molar refractivity (Wildman–Crippen MR) is 327 cm³/mol. The van der Waals surface area contributed by atoms with Crippen molar-refractivity contribution in [3.8, 4) is 0 Å². The minimum Gasteiger partial charge on any atom is -0.310 e. The summed E-state index contributed by atoms with van der Waals surface area (Å²) >= 11 is 5.61. The molecule has 0 saturated heterocycles. The largest absolute Gasteiger partial charge is 0.310 e. The van der Waals surface area contributed by atoms with Crippen LogP contribution in [0.4, 0.5) is 51.2 Å². The number of anilines is 9. The third kappa shape index (κ3) is 8.00. The molecule has 0 spiro atoms. The number of hydrogen-bond acceptors (Lipinski definition) is 6. The Morgan fingerprint density at radius 3 is 0.757 bits per heavy atom. The Morgan fingerprint density at radius 2 is 0.446 bits per heavy atom. The van der Waals surface area contributed by atoms with Gasteiger partial charge in [-0.3, -0.25) is 0 Å². The highest BCUT2D eigenvalue weighted by Crippen LogP contribution is 2.48. The van der Waals surface area contributed by atoms with Gasteiger partial charge in [-0.2, -0.15) is 0 Å². The van der Waals surface area contributed by atoms with Crippen molar-refractivity contribution in [3.05, 3.63) is 233 Å². The summed E-state index contributed by atoms with van der Waals surface area (Å²) in [5.41, 5.74) is 20.4. The van der Waals surface area contributed by atoms with Gasteiger partial charge in [0, 0.05) is 112 Å². The van der Waals surface area contributed by atoms with Crippen LogP contribution in [0.15, 0.2) is 188 Å². The van der Waals surface area contributed by atoms with E-state index >= 15 is 0 Å². The highest BCUT2D eigenvalue weighted by molar-refractivity contribution is 7.26. The van der Waals surface area contributed by atoms with E-state index in [2.05, 4.69) is 258 Å². The lowest BCUT2D eigenvalue weighted by molar-refractivity contribution is 1.24. The average Bonchev–Trinajstić information content (AvgIpc) is 4.07. The van der Waals surface area contributed by atoms with Crippen molar-refractivity contribution in [2.24, 2.45) is 0 Å². The lowest BCUT2D eigenvalue weighted by atomic mass is 10.0. The molecule has 360 valence electrons. The molecule has 3 heterocycles. The van der Waals surface area contributed by atoms with Crippen LogP contribution in [-0.2, 0) is 0 Å². The van der Waals surface area contributed by atoms with E-state index in [1.54, 1.807) is 0 Å². The lowest BCUT2D eigenvalue weighted by Crippen LogP contribution is -2.11. The molecule has 0 N–H and O–H groups in total. The van der Waals surface area contributed by atoms with E-state index in [4.69, 9.17) is 0 Å². The van der Waals surface area contributed by atoms with Crippen LogP contribution in [0.25, 0.3) is 60.5 Å². The molecule has 13 aromatic rings. The van der Waals surface area contributed by atoms with Gasteiger partial charge < -0.3 is 14.7 Å². The number of fused-ring (bicyclic) bond motifs is 9. The van der Waals surface area contributed by atoms with Crippen molar-refractivity contribution in [2.75, 3.05) is 14.7 Å². The van der Waals surface area contributed by atoms with Gasteiger partial charge in [-0.05, 0) is 206 Å². The SMILES string of the molecule is Cc1ccc(N(c2ccc3sc4ccc(N(c5ccc6sc7ccc(N(c8ccc9sc%10ccc(C)cc%10c9c8)c8ccc(C)cc8C)cc7c6c5)c5ccc(C)cc5C)cc4c3c2)c2ccc(C)cc2C)cc1. The maximum Gasteiger partial charge on any atom is 0.0490 e. The highest BCUT2D eigenvalue weighted by Gasteiger charge is 2.23. The normalized spacial score (nSPS) is 11.8. The van der Waals surface area contributed by atoms with Crippen molar-refractivity contribution in [1.82, 2.24) is 0 Å². The van der Waals surface area contributed by atoms with E-state index in [-0.39, 0.29) is 0 Å². The third-order valence-electron chi connectivity index (χ3n) is 14.8. The van der Waals surface area contributed by atoms with Crippen LogP contribution in [0.1, 0.15) is 44.5 Å². The topological polar surface area (TPSA) is 9.72 Å². The second-order valence-electron chi connectivity index (χ2n) is 20.4. The van der Waals surface area contributed by atoms with E-state index in [0.29, 0.717) is 0 Å². The Morgan fingerprint density at radius 1 is 0.216 bits per heavy atom. The summed E-state index contributed by atoms with van der Waals surface area (Å²) in [5, 5.41) is 7.64. The zero-order valence-corrected chi connectivity index (χ0v) is 45.4. The van der Waals surface area contributed by atoms with Gasteiger partial charge in [0.05, 0.1) is 0 Å². The predicted octanol–water partition coefficient (Wildman–Crippen LogP) is 21.7. The van der Waals surface area contributed by atoms with Crippen LogP contribution in [0.5, 0.6) is 0 Å². The number of aryl methyl sites for hydroxylation is 8. The third-order valence-corrected chi connectivity index (χ3v) is 18.3. The smallest absolute Gasteiger partial charge is 0.0490 e. The van der Waals surface area contributed by atoms with Crippen molar-refractivity contribution >= 4 is 146 Å². The van der Waals surface area contributed by atoms with Crippen molar-refractivity contribution in [2.45, 2.75) is 55.4 Å². The molecule has 6 heteroatoms. The molecule has 0 fully saturated rings. The first-order valence-corrected chi connectivity index (χ1v) is 27.9. The van der Waals surface area contributed by atoms with Gasteiger partial charge in [0.2, 0.25) is 0 Å². The van der Waals surface area contributed by atoms with E-state index in [1.807, 2.05) is 34.0 Å². The summed E-state index contributed by atoms with van der Waals surface area (Å²) in [6.07, 6.45) is 0. The Kier molecular flexibility index (Phi) is 11.2. The lowest BCUT2D eigenvalue weighted by Gasteiger charge is -2.28. The minimum atomic E-state index is 1.13. The zero-order valence-electron chi connectivity index (χ0n) is 43.0. The standard InChI is InChI=1S/C68H55N3S3/c1-40-9-15-48(16-10-40)69(60-22-11-41(2)31-45(60)6)49-17-26-65-56(35-49)57-37-52(20-28-66(57)73-65)71(62-24-13-43(4)33-47(62)8)53-21-30-68-59(39-53)58-38-51(19-29-67(58)74-68)70(61-23-12-42(3)32-46(61)7)50-18-27-64-55(36-50)54-34-44(5)14-25-63(54)72-64/h9-39H,1-8H3. The number of hydrogen-bond donors (Lipinski definition) is 0. The molecule has 0 aliphatic carbocycles. The number of nitrogens with zero attached hydrogens (tertiary/aromatic N) is 3. The van der Waals surface area contributed by atoms with Gasteiger partial charge in [-0.25, -0.2) is 0 Å². The molecule has 0 bridgehead atoms. The fraction of sp³-hybridized carbons (Fsp3) is 0.118. The van der Waals surface area contributed by atoms with Crippen LogP contribution in [-0.4, -0.2) is 0 Å². The molecule has 0 amide bonds. The molecular weight excluding hydrogens is 955 g/mol. The first-order chi connectivity index (χ1) is 35.9. The molecule has 10 aromatic carbocycles. The fourth-order valence-electron chi connectivity index (χ4n) is 11.2. The second-order valence-corrected chi connectivity index (χ2v) is 23.7. The summed E-state index contributed by atoms with van der Waals surface area (Å²) in [5.74, 6) is 0. The van der Waals surface area contributed by atoms with Crippen LogP contribution in [0.3, 0.4) is 0 Å². The zero-order chi connectivity index (χ0) is 50.5. The van der Waals surface area contributed by atoms with E-state index in [9.17, 15) is 0 Å².